The summed E-state index contributed by atoms with van der Waals surface area (Å²) in [6.45, 7) is 9.21. The highest BCUT2D eigenvalue weighted by Crippen LogP contribution is 2.37. The molecule has 0 aromatic rings. The van der Waals surface area contributed by atoms with E-state index in [9.17, 15) is 4.79 Å². The molecule has 2 heteroatoms. The van der Waals surface area contributed by atoms with Crippen molar-refractivity contribution in [2.45, 2.75) is 175 Å². The molecule has 0 radical (unpaired) electrons. The maximum absolute atomic E-state index is 12.9. The number of rotatable bonds is 25. The molecule has 0 heterocycles. The van der Waals surface area contributed by atoms with Crippen LogP contribution in [0.3, 0.4) is 0 Å². The molecule has 0 saturated heterocycles. The number of hydrogen-bond acceptors (Lipinski definition) is 2. The van der Waals surface area contributed by atoms with Crippen molar-refractivity contribution in [3.05, 3.63) is 0 Å². The first-order chi connectivity index (χ1) is 15.7. The van der Waals surface area contributed by atoms with Gasteiger partial charge in [0.05, 0.1) is 12.0 Å². The van der Waals surface area contributed by atoms with Crippen LogP contribution in [0.2, 0.25) is 0 Å². The summed E-state index contributed by atoms with van der Waals surface area (Å²) in [7, 11) is 0. The minimum Gasteiger partial charge on any atom is -0.466 e. The number of carbonyl (C=O) groups excluding carboxylic acids is 1. The third-order valence-corrected chi connectivity index (χ3v) is 7.40. The molecule has 0 amide bonds. The molecule has 0 aromatic heterocycles. The Labute approximate surface area is 203 Å². The molecule has 0 unspecified atom stereocenters. The fourth-order valence-corrected chi connectivity index (χ4v) is 5.01. The molecule has 0 aliphatic carbocycles. The summed E-state index contributed by atoms with van der Waals surface area (Å²) in [5, 5.41) is 0. The number of esters is 1. The van der Waals surface area contributed by atoms with Crippen LogP contribution in [-0.4, -0.2) is 12.6 Å². The van der Waals surface area contributed by atoms with E-state index in [1.165, 1.54) is 128 Å². The average Bonchev–Trinajstić information content (AvgIpc) is 2.80. The Morgan fingerprint density at radius 3 is 1.09 bits per heavy atom. The van der Waals surface area contributed by atoms with E-state index < -0.39 is 0 Å². The fourth-order valence-electron chi connectivity index (χ4n) is 5.01. The summed E-state index contributed by atoms with van der Waals surface area (Å²) >= 11 is 0. The highest BCUT2D eigenvalue weighted by atomic mass is 16.5. The van der Waals surface area contributed by atoms with E-state index in [4.69, 9.17) is 4.74 Å². The quantitative estimate of drug-likeness (QED) is 0.102. The first-order valence-corrected chi connectivity index (χ1v) is 14.8. The van der Waals surface area contributed by atoms with Gasteiger partial charge < -0.3 is 4.74 Å². The number of unbranched alkanes of at least 4 members (excludes halogenated alkanes) is 18. The molecule has 0 saturated carbocycles. The molecular formula is C30H60O2. The van der Waals surface area contributed by atoms with Crippen LogP contribution in [0.25, 0.3) is 0 Å². The van der Waals surface area contributed by atoms with Crippen LogP contribution < -0.4 is 0 Å². The third kappa shape index (κ3) is 17.0. The van der Waals surface area contributed by atoms with E-state index in [-0.39, 0.29) is 11.4 Å². The molecule has 32 heavy (non-hydrogen) atoms. The molecule has 192 valence electrons. The Morgan fingerprint density at radius 1 is 0.500 bits per heavy atom. The summed E-state index contributed by atoms with van der Waals surface area (Å²) < 4.78 is 5.54. The summed E-state index contributed by atoms with van der Waals surface area (Å²) in [5.74, 6) is 0.0781. The Bertz CT molecular complexity index is 366. The number of ether oxygens (including phenoxy) is 1. The average molecular weight is 453 g/mol. The van der Waals surface area contributed by atoms with Crippen LogP contribution in [0.5, 0.6) is 0 Å². The van der Waals surface area contributed by atoms with Crippen molar-refractivity contribution in [2.24, 2.45) is 5.41 Å². The van der Waals surface area contributed by atoms with Gasteiger partial charge in [-0.05, 0) is 26.2 Å². The van der Waals surface area contributed by atoms with Gasteiger partial charge in [-0.15, -0.1) is 0 Å². The molecule has 0 N–H and O–H groups in total. The van der Waals surface area contributed by atoms with Crippen LogP contribution in [0.4, 0.5) is 0 Å². The predicted octanol–water partition coefficient (Wildman–Crippen LogP) is 10.6. The monoisotopic (exact) mass is 452 g/mol. The lowest BCUT2D eigenvalue weighted by Crippen LogP contribution is -2.32. The molecule has 0 rings (SSSR count). The van der Waals surface area contributed by atoms with E-state index in [2.05, 4.69) is 20.8 Å². The molecule has 0 bridgehead atoms. The highest BCUT2D eigenvalue weighted by Gasteiger charge is 2.36. The van der Waals surface area contributed by atoms with Gasteiger partial charge in [0.1, 0.15) is 0 Å². The lowest BCUT2D eigenvalue weighted by Gasteiger charge is -2.30. The van der Waals surface area contributed by atoms with Gasteiger partial charge in [-0.25, -0.2) is 0 Å². The molecule has 0 spiro atoms. The van der Waals surface area contributed by atoms with Crippen molar-refractivity contribution >= 4 is 5.97 Å². The number of hydrogen-bond donors (Lipinski definition) is 0. The van der Waals surface area contributed by atoms with Crippen LogP contribution >= 0.6 is 0 Å². The largest absolute Gasteiger partial charge is 0.466 e. The van der Waals surface area contributed by atoms with Gasteiger partial charge in [-0.2, -0.15) is 0 Å². The second kappa shape index (κ2) is 23.6. The SMILES string of the molecule is CCCCCCCCCCCCC(CC)(CCCCCCCCCCCC)C(=O)OCC. The molecule has 2 nitrogen and oxygen atoms in total. The van der Waals surface area contributed by atoms with Crippen LogP contribution in [0.1, 0.15) is 175 Å². The molecule has 0 aliphatic rings. The second-order valence-corrected chi connectivity index (χ2v) is 10.2. The van der Waals surface area contributed by atoms with E-state index in [1.807, 2.05) is 6.92 Å². The van der Waals surface area contributed by atoms with Crippen LogP contribution in [0, 0.1) is 5.41 Å². The van der Waals surface area contributed by atoms with Crippen LogP contribution in [0.15, 0.2) is 0 Å². The van der Waals surface area contributed by atoms with Crippen molar-refractivity contribution in [1.82, 2.24) is 0 Å². The van der Waals surface area contributed by atoms with Crippen molar-refractivity contribution in [1.29, 1.82) is 0 Å². The lowest BCUT2D eigenvalue weighted by atomic mass is 9.75. The molecule has 0 fully saturated rings. The Kier molecular flexibility index (Phi) is 23.2. The van der Waals surface area contributed by atoms with E-state index in [1.54, 1.807) is 0 Å². The first kappa shape index (κ1) is 31.5. The summed E-state index contributed by atoms with van der Waals surface area (Å²) in [4.78, 5) is 12.9. The lowest BCUT2D eigenvalue weighted by molar-refractivity contribution is -0.157. The van der Waals surface area contributed by atoms with Gasteiger partial charge in [-0.1, -0.05) is 149 Å². The maximum Gasteiger partial charge on any atom is 0.312 e. The molecule has 0 aliphatic heterocycles. The normalized spacial score (nSPS) is 11.8. The minimum absolute atomic E-state index is 0.0781. The molecular weight excluding hydrogens is 392 g/mol. The van der Waals surface area contributed by atoms with Gasteiger partial charge >= 0.3 is 5.97 Å². The predicted molar refractivity (Wildman–Crippen MR) is 142 cm³/mol. The first-order valence-electron chi connectivity index (χ1n) is 14.8. The minimum atomic E-state index is -0.226. The third-order valence-electron chi connectivity index (χ3n) is 7.40. The van der Waals surface area contributed by atoms with E-state index >= 15 is 0 Å². The van der Waals surface area contributed by atoms with Gasteiger partial charge in [0.25, 0.3) is 0 Å². The molecule has 0 aromatic carbocycles. The zero-order chi connectivity index (χ0) is 23.8. The summed E-state index contributed by atoms with van der Waals surface area (Å²) in [6, 6.07) is 0. The smallest absolute Gasteiger partial charge is 0.312 e. The van der Waals surface area contributed by atoms with Gasteiger partial charge in [0.2, 0.25) is 0 Å². The summed E-state index contributed by atoms with van der Waals surface area (Å²) in [5.41, 5.74) is -0.226. The van der Waals surface area contributed by atoms with E-state index in [0.29, 0.717) is 6.61 Å². The van der Waals surface area contributed by atoms with E-state index in [0.717, 1.165) is 19.3 Å². The van der Waals surface area contributed by atoms with Crippen molar-refractivity contribution in [3.8, 4) is 0 Å². The van der Waals surface area contributed by atoms with Crippen molar-refractivity contribution < 1.29 is 9.53 Å². The Balaban J connectivity index is 4.09. The Hall–Kier alpha value is -0.530. The van der Waals surface area contributed by atoms with Gasteiger partial charge in [-0.3, -0.25) is 4.79 Å². The van der Waals surface area contributed by atoms with Gasteiger partial charge in [0.15, 0.2) is 0 Å². The second-order valence-electron chi connectivity index (χ2n) is 10.2. The standard InChI is InChI=1S/C30H60O2/c1-5-9-11-13-15-17-19-21-23-25-27-30(7-3,29(31)32-8-4)28-26-24-22-20-18-16-14-12-10-6-2/h5-28H2,1-4H3. The topological polar surface area (TPSA) is 26.3 Å². The van der Waals surface area contributed by atoms with Crippen molar-refractivity contribution in [2.75, 3.05) is 6.61 Å². The number of carbonyl (C=O) groups is 1. The zero-order valence-electron chi connectivity index (χ0n) is 22.8. The van der Waals surface area contributed by atoms with Gasteiger partial charge in [0, 0.05) is 0 Å². The fraction of sp³-hybridized carbons (Fsp3) is 0.967. The summed E-state index contributed by atoms with van der Waals surface area (Å²) in [6.07, 6.45) is 29.9. The molecule has 0 atom stereocenters. The zero-order valence-corrected chi connectivity index (χ0v) is 22.8. The maximum atomic E-state index is 12.9. The van der Waals surface area contributed by atoms with Crippen molar-refractivity contribution in [3.63, 3.8) is 0 Å². The Morgan fingerprint density at radius 2 is 0.812 bits per heavy atom. The van der Waals surface area contributed by atoms with Crippen LogP contribution in [-0.2, 0) is 9.53 Å². The highest BCUT2D eigenvalue weighted by molar-refractivity contribution is 5.76.